The maximum Gasteiger partial charge on any atom is 0.263 e. The molecule has 6 nitrogen and oxygen atoms in total. The highest BCUT2D eigenvalue weighted by atomic mass is 16.6. The maximum absolute atomic E-state index is 11.2. The van der Waals surface area contributed by atoms with Gasteiger partial charge in [0.2, 0.25) is 0 Å². The summed E-state index contributed by atoms with van der Waals surface area (Å²) in [6, 6.07) is 0. The van der Waals surface area contributed by atoms with E-state index in [1.165, 1.54) is 0 Å². The number of hydrazine groups is 1. The summed E-state index contributed by atoms with van der Waals surface area (Å²) < 4.78 is 16.5. The molecule has 2 atom stereocenters. The summed E-state index contributed by atoms with van der Waals surface area (Å²) in [7, 11) is 0. The molecule has 0 bridgehead atoms. The third-order valence-electron chi connectivity index (χ3n) is 2.61. The Labute approximate surface area is 108 Å². The quantitative estimate of drug-likeness (QED) is 0.312. The molecule has 0 saturated carbocycles. The highest BCUT2D eigenvalue weighted by Crippen LogP contribution is 2.19. The van der Waals surface area contributed by atoms with Crippen LogP contribution in [0.3, 0.4) is 0 Å². The minimum atomic E-state index is -0.436. The van der Waals surface area contributed by atoms with Crippen LogP contribution in [0.15, 0.2) is 0 Å². The average Bonchev–Trinajstić information content (AvgIpc) is 2.75. The number of carbonyl (C=O) groups excluding carboxylic acids is 1. The Hall–Kier alpha value is -0.690. The van der Waals surface area contributed by atoms with Crippen LogP contribution in [0, 0.1) is 0 Å². The molecule has 0 aliphatic carbocycles. The Balaban J connectivity index is 2.06. The van der Waals surface area contributed by atoms with E-state index in [2.05, 4.69) is 5.43 Å². The number of ether oxygens (including phenoxy) is 3. The summed E-state index contributed by atoms with van der Waals surface area (Å²) >= 11 is 0. The summed E-state index contributed by atoms with van der Waals surface area (Å²) in [6.45, 7) is 7.59. The summed E-state index contributed by atoms with van der Waals surface area (Å²) in [5.41, 5.74) is 1.95. The number of rotatable bonds is 6. The second-order valence-electron chi connectivity index (χ2n) is 5.37. The Bertz CT molecular complexity index is 265. The van der Waals surface area contributed by atoms with Crippen LogP contribution in [-0.4, -0.2) is 43.5 Å². The standard InChI is InChI=1S/C12H24N2O4/c1-12(2,3)17-7-6-16-8-9-4-5-10(18-9)11(15)14-13/h9-10H,4-8,13H2,1-3H3,(H,14,15). The van der Waals surface area contributed by atoms with E-state index in [1.807, 2.05) is 20.8 Å². The largest absolute Gasteiger partial charge is 0.376 e. The Morgan fingerprint density at radius 1 is 1.39 bits per heavy atom. The van der Waals surface area contributed by atoms with Gasteiger partial charge in [-0.1, -0.05) is 0 Å². The van der Waals surface area contributed by atoms with Crippen molar-refractivity contribution in [3.63, 3.8) is 0 Å². The zero-order chi connectivity index (χ0) is 13.6. The van der Waals surface area contributed by atoms with Crippen molar-refractivity contribution in [2.24, 2.45) is 5.84 Å². The third-order valence-corrected chi connectivity index (χ3v) is 2.61. The number of nitrogens with two attached hydrogens (primary N) is 1. The Kier molecular flexibility index (Phi) is 6.01. The molecular weight excluding hydrogens is 236 g/mol. The first kappa shape index (κ1) is 15.4. The Morgan fingerprint density at radius 3 is 2.72 bits per heavy atom. The SMILES string of the molecule is CC(C)(C)OCCOCC1CCC(C(=O)NN)O1. The molecular formula is C12H24N2O4. The molecule has 1 aliphatic heterocycles. The van der Waals surface area contributed by atoms with Gasteiger partial charge in [-0.05, 0) is 33.6 Å². The highest BCUT2D eigenvalue weighted by molar-refractivity contribution is 5.80. The van der Waals surface area contributed by atoms with Gasteiger partial charge >= 0.3 is 0 Å². The van der Waals surface area contributed by atoms with E-state index in [9.17, 15) is 4.79 Å². The third kappa shape index (κ3) is 5.77. The van der Waals surface area contributed by atoms with E-state index in [-0.39, 0.29) is 17.6 Å². The summed E-state index contributed by atoms with van der Waals surface area (Å²) in [4.78, 5) is 11.2. The molecule has 6 heteroatoms. The lowest BCUT2D eigenvalue weighted by atomic mass is 10.2. The first-order valence-corrected chi connectivity index (χ1v) is 6.30. The molecule has 0 aromatic rings. The lowest BCUT2D eigenvalue weighted by Gasteiger charge is -2.19. The summed E-state index contributed by atoms with van der Waals surface area (Å²) in [5, 5.41) is 0. The predicted octanol–water partition coefficient (Wildman–Crippen LogP) is 0.356. The van der Waals surface area contributed by atoms with Gasteiger partial charge in [-0.25, -0.2) is 5.84 Å². The van der Waals surface area contributed by atoms with Crippen molar-refractivity contribution in [3.8, 4) is 0 Å². The zero-order valence-corrected chi connectivity index (χ0v) is 11.4. The summed E-state index contributed by atoms with van der Waals surface area (Å²) in [5.74, 6) is 4.78. The van der Waals surface area contributed by atoms with E-state index in [0.29, 0.717) is 26.2 Å². The fourth-order valence-corrected chi connectivity index (χ4v) is 1.74. The van der Waals surface area contributed by atoms with E-state index >= 15 is 0 Å². The molecule has 1 saturated heterocycles. The van der Waals surface area contributed by atoms with Crippen molar-refractivity contribution in [2.75, 3.05) is 19.8 Å². The van der Waals surface area contributed by atoms with E-state index in [0.717, 1.165) is 6.42 Å². The lowest BCUT2D eigenvalue weighted by molar-refractivity contribution is -0.133. The van der Waals surface area contributed by atoms with Crippen LogP contribution < -0.4 is 11.3 Å². The van der Waals surface area contributed by atoms with Crippen molar-refractivity contribution in [1.82, 2.24) is 5.43 Å². The first-order valence-electron chi connectivity index (χ1n) is 6.30. The van der Waals surface area contributed by atoms with Crippen molar-refractivity contribution < 1.29 is 19.0 Å². The van der Waals surface area contributed by atoms with Gasteiger partial charge in [0.25, 0.3) is 5.91 Å². The first-order chi connectivity index (χ1) is 8.42. The molecule has 1 aliphatic rings. The maximum atomic E-state index is 11.2. The van der Waals surface area contributed by atoms with E-state index in [1.54, 1.807) is 0 Å². The van der Waals surface area contributed by atoms with Gasteiger partial charge in [0.05, 0.1) is 31.5 Å². The van der Waals surface area contributed by atoms with Gasteiger partial charge in [-0.3, -0.25) is 10.2 Å². The van der Waals surface area contributed by atoms with Gasteiger partial charge in [0.1, 0.15) is 6.10 Å². The monoisotopic (exact) mass is 260 g/mol. The minimum absolute atomic E-state index is 0.0260. The van der Waals surface area contributed by atoms with Crippen LogP contribution in [-0.2, 0) is 19.0 Å². The van der Waals surface area contributed by atoms with Crippen molar-refractivity contribution in [1.29, 1.82) is 0 Å². The van der Waals surface area contributed by atoms with Crippen LogP contribution in [0.2, 0.25) is 0 Å². The number of amides is 1. The molecule has 1 amide bonds. The molecule has 0 spiro atoms. The topological polar surface area (TPSA) is 82.8 Å². The molecule has 0 radical (unpaired) electrons. The lowest BCUT2D eigenvalue weighted by Crippen LogP contribution is -2.39. The fourth-order valence-electron chi connectivity index (χ4n) is 1.74. The van der Waals surface area contributed by atoms with Crippen LogP contribution >= 0.6 is 0 Å². The molecule has 1 heterocycles. The van der Waals surface area contributed by atoms with Crippen LogP contribution in [0.4, 0.5) is 0 Å². The molecule has 2 unspecified atom stereocenters. The van der Waals surface area contributed by atoms with E-state index < -0.39 is 6.10 Å². The average molecular weight is 260 g/mol. The van der Waals surface area contributed by atoms with E-state index in [4.69, 9.17) is 20.1 Å². The molecule has 1 rings (SSSR count). The number of hydrogen-bond acceptors (Lipinski definition) is 5. The number of nitrogens with one attached hydrogen (secondary N) is 1. The molecule has 18 heavy (non-hydrogen) atoms. The molecule has 0 aromatic heterocycles. The zero-order valence-electron chi connectivity index (χ0n) is 11.4. The molecule has 3 N–H and O–H groups in total. The predicted molar refractivity (Wildman–Crippen MR) is 66.7 cm³/mol. The smallest absolute Gasteiger partial charge is 0.263 e. The minimum Gasteiger partial charge on any atom is -0.376 e. The number of carbonyl (C=O) groups is 1. The normalized spacial score (nSPS) is 24.2. The summed E-state index contributed by atoms with van der Waals surface area (Å²) in [6.07, 6.45) is 1.05. The molecule has 1 fully saturated rings. The highest BCUT2D eigenvalue weighted by Gasteiger charge is 2.30. The van der Waals surface area contributed by atoms with Gasteiger partial charge < -0.3 is 14.2 Å². The van der Waals surface area contributed by atoms with Crippen molar-refractivity contribution in [3.05, 3.63) is 0 Å². The molecule has 0 aromatic carbocycles. The van der Waals surface area contributed by atoms with Gasteiger partial charge in [0.15, 0.2) is 0 Å². The van der Waals surface area contributed by atoms with Crippen LogP contribution in [0.1, 0.15) is 33.6 Å². The van der Waals surface area contributed by atoms with Gasteiger partial charge in [-0.15, -0.1) is 0 Å². The van der Waals surface area contributed by atoms with Crippen molar-refractivity contribution in [2.45, 2.75) is 51.4 Å². The second-order valence-corrected chi connectivity index (χ2v) is 5.37. The van der Waals surface area contributed by atoms with Gasteiger partial charge in [0, 0.05) is 0 Å². The van der Waals surface area contributed by atoms with Gasteiger partial charge in [-0.2, -0.15) is 0 Å². The Morgan fingerprint density at radius 2 is 2.11 bits per heavy atom. The van der Waals surface area contributed by atoms with Crippen LogP contribution in [0.25, 0.3) is 0 Å². The number of hydrogen-bond donors (Lipinski definition) is 2. The van der Waals surface area contributed by atoms with Crippen molar-refractivity contribution >= 4 is 5.91 Å². The second kappa shape index (κ2) is 7.04. The van der Waals surface area contributed by atoms with Crippen LogP contribution in [0.5, 0.6) is 0 Å². The fraction of sp³-hybridized carbons (Fsp3) is 0.917. The molecule has 106 valence electrons.